The molecule has 0 amide bonds. The third kappa shape index (κ3) is 3.88. The van der Waals surface area contributed by atoms with Crippen molar-refractivity contribution < 1.29 is 4.52 Å². The van der Waals surface area contributed by atoms with Crippen LogP contribution in [0, 0.1) is 13.8 Å². The van der Waals surface area contributed by atoms with Gasteiger partial charge in [0, 0.05) is 24.9 Å². The van der Waals surface area contributed by atoms with E-state index < -0.39 is 0 Å². The highest BCUT2D eigenvalue weighted by Crippen LogP contribution is 2.19. The van der Waals surface area contributed by atoms with Crippen LogP contribution in [0.1, 0.15) is 36.4 Å². The van der Waals surface area contributed by atoms with Gasteiger partial charge in [-0.1, -0.05) is 12.1 Å². The van der Waals surface area contributed by atoms with Crippen molar-refractivity contribution in [2.24, 2.45) is 5.84 Å². The summed E-state index contributed by atoms with van der Waals surface area (Å²) in [6.45, 7) is 6.45. The van der Waals surface area contributed by atoms with Crippen LogP contribution in [0.3, 0.4) is 0 Å². The molecule has 0 unspecified atom stereocenters. The van der Waals surface area contributed by atoms with E-state index in [0.29, 0.717) is 30.5 Å². The van der Waals surface area contributed by atoms with Crippen molar-refractivity contribution in [1.29, 1.82) is 0 Å². The van der Waals surface area contributed by atoms with Gasteiger partial charge in [-0.2, -0.15) is 4.98 Å². The number of nitrogens with two attached hydrogens (primary N) is 1. The molecule has 2 aromatic heterocycles. The Bertz CT molecular complexity index is 596. The van der Waals surface area contributed by atoms with E-state index in [4.69, 9.17) is 10.4 Å². The van der Waals surface area contributed by atoms with Crippen LogP contribution in [-0.4, -0.2) is 26.7 Å². The second-order valence-electron chi connectivity index (χ2n) is 4.77. The first kappa shape index (κ1) is 15.2. The maximum atomic E-state index is 5.51. The third-order valence-electron chi connectivity index (χ3n) is 3.00. The number of nitrogen functional groups attached to an aromatic ring is 1. The number of aromatic nitrogens is 4. The quantitative estimate of drug-likeness (QED) is 0.517. The van der Waals surface area contributed by atoms with E-state index >= 15 is 0 Å². The molecule has 8 nitrogen and oxygen atoms in total. The van der Waals surface area contributed by atoms with E-state index in [1.165, 1.54) is 0 Å². The minimum Gasteiger partial charge on any atom is -0.369 e. The monoisotopic (exact) mass is 291 g/mol. The van der Waals surface area contributed by atoms with Crippen molar-refractivity contribution in [3.05, 3.63) is 23.1 Å². The molecule has 8 heteroatoms. The van der Waals surface area contributed by atoms with Crippen LogP contribution in [-0.2, 0) is 12.8 Å². The molecule has 114 valence electrons. The number of hydrogen-bond acceptors (Lipinski definition) is 8. The smallest absolute Gasteiger partial charge is 0.228 e. The lowest BCUT2D eigenvalue weighted by Gasteiger charge is -2.12. The third-order valence-corrected chi connectivity index (χ3v) is 3.00. The predicted molar refractivity (Wildman–Crippen MR) is 79.8 cm³/mol. The Morgan fingerprint density at radius 1 is 1.10 bits per heavy atom. The molecule has 2 rings (SSSR count). The Balaban J connectivity index is 2.05. The summed E-state index contributed by atoms with van der Waals surface area (Å²) in [6.07, 6.45) is 2.43. The first-order chi connectivity index (χ1) is 10.1. The summed E-state index contributed by atoms with van der Waals surface area (Å²) in [4.78, 5) is 13.1. The summed E-state index contributed by atoms with van der Waals surface area (Å²) in [6, 6.07) is 0. The summed E-state index contributed by atoms with van der Waals surface area (Å²) < 4.78 is 5.07. The summed E-state index contributed by atoms with van der Waals surface area (Å²) >= 11 is 0. The van der Waals surface area contributed by atoms with Crippen LogP contribution in [0.25, 0.3) is 0 Å². The fourth-order valence-electron chi connectivity index (χ4n) is 1.94. The van der Waals surface area contributed by atoms with Gasteiger partial charge in [-0.3, -0.25) is 0 Å². The van der Waals surface area contributed by atoms with Gasteiger partial charge in [-0.05, 0) is 20.3 Å². The zero-order chi connectivity index (χ0) is 15.2. The van der Waals surface area contributed by atoms with Crippen LogP contribution >= 0.6 is 0 Å². The Kier molecular flexibility index (Phi) is 5.04. The molecule has 0 aromatic carbocycles. The molecule has 0 aliphatic rings. The number of rotatable bonds is 7. The summed E-state index contributed by atoms with van der Waals surface area (Å²) in [5, 5.41) is 7.03. The predicted octanol–water partition coefficient (Wildman–Crippen LogP) is 1.37. The first-order valence-electron chi connectivity index (χ1n) is 7.01. The lowest BCUT2D eigenvalue weighted by molar-refractivity contribution is 0.377. The SMILES string of the molecule is CCCc1nc(NN)c(C)c(NCCc2nc(C)no2)n1. The maximum absolute atomic E-state index is 5.51. The fraction of sp³-hybridized carbons (Fsp3) is 0.538. The molecule has 0 atom stereocenters. The minimum absolute atomic E-state index is 0.609. The van der Waals surface area contributed by atoms with Gasteiger partial charge in [0.25, 0.3) is 0 Å². The molecule has 0 radical (unpaired) electrons. The van der Waals surface area contributed by atoms with Gasteiger partial charge >= 0.3 is 0 Å². The largest absolute Gasteiger partial charge is 0.369 e. The zero-order valence-electron chi connectivity index (χ0n) is 12.6. The van der Waals surface area contributed by atoms with Crippen molar-refractivity contribution in [1.82, 2.24) is 20.1 Å². The Labute approximate surface area is 123 Å². The molecule has 0 bridgehead atoms. The summed E-state index contributed by atoms with van der Waals surface area (Å²) in [5.41, 5.74) is 3.50. The zero-order valence-corrected chi connectivity index (χ0v) is 12.6. The summed E-state index contributed by atoms with van der Waals surface area (Å²) in [7, 11) is 0. The fourth-order valence-corrected chi connectivity index (χ4v) is 1.94. The molecule has 21 heavy (non-hydrogen) atoms. The van der Waals surface area contributed by atoms with Gasteiger partial charge < -0.3 is 15.3 Å². The number of hydrazine groups is 1. The molecule has 0 aliphatic carbocycles. The average molecular weight is 291 g/mol. The molecule has 0 saturated carbocycles. The van der Waals surface area contributed by atoms with E-state index in [9.17, 15) is 0 Å². The average Bonchev–Trinajstić information content (AvgIpc) is 2.88. The van der Waals surface area contributed by atoms with E-state index in [-0.39, 0.29) is 0 Å². The standard InChI is InChI=1S/C13H21N7O/c1-4-5-10-17-12(8(2)13(18-10)19-14)15-7-6-11-16-9(3)20-21-11/h4-7,14H2,1-3H3,(H2,15,17,18,19). The lowest BCUT2D eigenvalue weighted by Crippen LogP contribution is -2.16. The van der Waals surface area contributed by atoms with Crippen molar-refractivity contribution in [3.8, 4) is 0 Å². The topological polar surface area (TPSA) is 115 Å². The molecular weight excluding hydrogens is 270 g/mol. The van der Waals surface area contributed by atoms with Gasteiger partial charge in [0.1, 0.15) is 17.5 Å². The van der Waals surface area contributed by atoms with Crippen LogP contribution in [0.4, 0.5) is 11.6 Å². The number of hydrogen-bond donors (Lipinski definition) is 3. The molecule has 0 aliphatic heterocycles. The lowest BCUT2D eigenvalue weighted by atomic mass is 10.2. The Morgan fingerprint density at radius 2 is 1.86 bits per heavy atom. The molecular formula is C13H21N7O. The van der Waals surface area contributed by atoms with Gasteiger partial charge in [0.15, 0.2) is 5.82 Å². The normalized spacial score (nSPS) is 10.7. The molecule has 0 fully saturated rings. The van der Waals surface area contributed by atoms with Crippen LogP contribution in [0.2, 0.25) is 0 Å². The Morgan fingerprint density at radius 3 is 2.48 bits per heavy atom. The molecule has 2 aromatic rings. The molecule has 2 heterocycles. The van der Waals surface area contributed by atoms with Crippen molar-refractivity contribution in [3.63, 3.8) is 0 Å². The van der Waals surface area contributed by atoms with E-state index in [0.717, 1.165) is 30.0 Å². The van der Waals surface area contributed by atoms with E-state index in [1.807, 2.05) is 6.92 Å². The first-order valence-corrected chi connectivity index (χ1v) is 7.01. The Hall–Kier alpha value is -2.22. The number of aryl methyl sites for hydroxylation is 2. The maximum Gasteiger partial charge on any atom is 0.228 e. The van der Waals surface area contributed by atoms with Gasteiger partial charge in [-0.25, -0.2) is 15.8 Å². The second kappa shape index (κ2) is 6.98. The molecule has 0 saturated heterocycles. The number of nitrogens with one attached hydrogen (secondary N) is 2. The minimum atomic E-state index is 0.609. The summed E-state index contributed by atoms with van der Waals surface area (Å²) in [5.74, 6) is 8.95. The van der Waals surface area contributed by atoms with Crippen LogP contribution < -0.4 is 16.6 Å². The van der Waals surface area contributed by atoms with Crippen molar-refractivity contribution in [2.75, 3.05) is 17.3 Å². The van der Waals surface area contributed by atoms with Gasteiger partial charge in [0.2, 0.25) is 5.89 Å². The molecule has 0 spiro atoms. The van der Waals surface area contributed by atoms with Crippen LogP contribution in [0.15, 0.2) is 4.52 Å². The van der Waals surface area contributed by atoms with Crippen molar-refractivity contribution in [2.45, 2.75) is 40.0 Å². The highest BCUT2D eigenvalue weighted by atomic mass is 16.5. The van der Waals surface area contributed by atoms with E-state index in [1.54, 1.807) is 6.92 Å². The van der Waals surface area contributed by atoms with Crippen molar-refractivity contribution >= 4 is 11.6 Å². The highest BCUT2D eigenvalue weighted by molar-refractivity contribution is 5.56. The number of nitrogens with zero attached hydrogens (tertiary/aromatic N) is 4. The van der Waals surface area contributed by atoms with Gasteiger partial charge in [-0.15, -0.1) is 0 Å². The second-order valence-corrected chi connectivity index (χ2v) is 4.77. The highest BCUT2D eigenvalue weighted by Gasteiger charge is 2.10. The van der Waals surface area contributed by atoms with E-state index in [2.05, 4.69) is 37.8 Å². The molecule has 4 N–H and O–H groups in total. The van der Waals surface area contributed by atoms with Crippen LogP contribution in [0.5, 0.6) is 0 Å². The van der Waals surface area contributed by atoms with Gasteiger partial charge in [0.05, 0.1) is 0 Å². The number of anilines is 2.